The van der Waals surface area contributed by atoms with Crippen molar-refractivity contribution in [3.8, 4) is 23.8 Å². The maximum absolute atomic E-state index is 12.7. The van der Waals surface area contributed by atoms with E-state index >= 15 is 0 Å². The minimum absolute atomic E-state index is 0.350. The Hall–Kier alpha value is -3.04. The molecule has 0 unspecified atom stereocenters. The second-order valence-electron chi connectivity index (χ2n) is 5.58. The van der Waals surface area contributed by atoms with Gasteiger partial charge in [-0.1, -0.05) is 29.4 Å². The number of nitrogens with zero attached hydrogens (tertiary/aromatic N) is 2. The number of carbonyl (C=O) groups is 1. The Balaban J connectivity index is 2.13. The van der Waals surface area contributed by atoms with Crippen molar-refractivity contribution in [2.45, 2.75) is 13.5 Å². The van der Waals surface area contributed by atoms with Crippen LogP contribution in [-0.2, 0) is 6.54 Å². The number of benzene rings is 2. The van der Waals surface area contributed by atoms with Gasteiger partial charge in [-0.3, -0.25) is 4.79 Å². The Labute approximate surface area is 155 Å². The van der Waals surface area contributed by atoms with E-state index in [-0.39, 0.29) is 5.91 Å². The number of rotatable bonds is 4. The summed E-state index contributed by atoms with van der Waals surface area (Å²) in [6, 6.07) is 11.0. The van der Waals surface area contributed by atoms with Gasteiger partial charge < -0.3 is 14.0 Å². The maximum Gasteiger partial charge on any atom is 0.279 e. The van der Waals surface area contributed by atoms with Crippen molar-refractivity contribution >= 4 is 27.5 Å². The van der Waals surface area contributed by atoms with Crippen LogP contribution in [0.5, 0.6) is 11.5 Å². The molecule has 132 valence electrons. The van der Waals surface area contributed by atoms with E-state index < -0.39 is 0 Å². The summed E-state index contributed by atoms with van der Waals surface area (Å²) in [4.78, 5) is 17.6. The summed E-state index contributed by atoms with van der Waals surface area (Å²) < 4.78 is 13.4. The highest BCUT2D eigenvalue weighted by Crippen LogP contribution is 2.28. The van der Waals surface area contributed by atoms with Crippen molar-refractivity contribution < 1.29 is 14.3 Å². The summed E-state index contributed by atoms with van der Waals surface area (Å²) in [5.74, 6) is 3.32. The summed E-state index contributed by atoms with van der Waals surface area (Å²) in [5.41, 5.74) is 2.52. The van der Waals surface area contributed by atoms with Gasteiger partial charge in [0.25, 0.3) is 5.91 Å². The lowest BCUT2D eigenvalue weighted by Gasteiger charge is -2.07. The molecule has 3 rings (SSSR count). The molecule has 0 aliphatic heterocycles. The third kappa shape index (κ3) is 3.22. The largest absolute Gasteiger partial charge is 0.493 e. The molecule has 1 amide bonds. The first-order chi connectivity index (χ1) is 12.6. The molecule has 26 heavy (non-hydrogen) atoms. The first kappa shape index (κ1) is 17.8. The SMILES string of the molecule is C#CCn1c(=NC(=O)c2ccc(OC)c(OC)c2)sc2cccc(C)c21. The van der Waals surface area contributed by atoms with Crippen LogP contribution >= 0.6 is 11.3 Å². The van der Waals surface area contributed by atoms with Gasteiger partial charge in [-0.05, 0) is 36.8 Å². The van der Waals surface area contributed by atoms with E-state index in [2.05, 4.69) is 10.9 Å². The molecule has 0 saturated heterocycles. The monoisotopic (exact) mass is 366 g/mol. The topological polar surface area (TPSA) is 52.8 Å². The van der Waals surface area contributed by atoms with E-state index in [9.17, 15) is 4.79 Å². The highest BCUT2D eigenvalue weighted by Gasteiger charge is 2.12. The average molecular weight is 366 g/mol. The molecule has 3 aromatic rings. The fourth-order valence-corrected chi connectivity index (χ4v) is 3.86. The number of ether oxygens (including phenoxy) is 2. The van der Waals surface area contributed by atoms with E-state index in [0.29, 0.717) is 28.4 Å². The highest BCUT2D eigenvalue weighted by atomic mass is 32.1. The van der Waals surface area contributed by atoms with E-state index in [4.69, 9.17) is 15.9 Å². The Morgan fingerprint density at radius 1 is 1.23 bits per heavy atom. The molecule has 0 fully saturated rings. The third-order valence-corrected chi connectivity index (χ3v) is 5.02. The van der Waals surface area contributed by atoms with E-state index in [1.54, 1.807) is 25.3 Å². The van der Waals surface area contributed by atoms with Crippen LogP contribution < -0.4 is 14.3 Å². The van der Waals surface area contributed by atoms with Gasteiger partial charge in [0.1, 0.15) is 0 Å². The smallest absolute Gasteiger partial charge is 0.279 e. The molecular weight excluding hydrogens is 348 g/mol. The third-order valence-electron chi connectivity index (χ3n) is 3.98. The molecule has 1 aromatic heterocycles. The zero-order chi connectivity index (χ0) is 18.7. The lowest BCUT2D eigenvalue weighted by molar-refractivity contribution is 0.0997. The number of fused-ring (bicyclic) bond motifs is 1. The van der Waals surface area contributed by atoms with Gasteiger partial charge in [0.15, 0.2) is 16.3 Å². The zero-order valence-corrected chi connectivity index (χ0v) is 15.6. The minimum Gasteiger partial charge on any atom is -0.493 e. The number of terminal acetylenes is 1. The molecule has 0 saturated carbocycles. The second-order valence-corrected chi connectivity index (χ2v) is 6.59. The molecule has 0 aliphatic rings. The number of para-hydroxylation sites is 1. The second kappa shape index (κ2) is 7.46. The summed E-state index contributed by atoms with van der Waals surface area (Å²) in [5, 5.41) is 0. The standard InChI is InChI=1S/C20H18N2O3S/c1-5-11-22-18-13(2)7-6-8-17(18)26-20(22)21-19(23)14-9-10-15(24-3)16(12-14)25-4/h1,6-10,12H,11H2,2-4H3. The van der Waals surface area contributed by atoms with Crippen molar-refractivity contribution in [3.63, 3.8) is 0 Å². The van der Waals surface area contributed by atoms with E-state index in [1.165, 1.54) is 18.4 Å². The first-order valence-corrected chi connectivity index (χ1v) is 8.74. The molecular formula is C20H18N2O3S. The number of aryl methyl sites for hydroxylation is 1. The normalized spacial score (nSPS) is 11.4. The molecule has 6 heteroatoms. The lowest BCUT2D eigenvalue weighted by atomic mass is 10.2. The molecule has 0 radical (unpaired) electrons. The summed E-state index contributed by atoms with van der Waals surface area (Å²) >= 11 is 1.44. The molecule has 0 spiro atoms. The highest BCUT2D eigenvalue weighted by molar-refractivity contribution is 7.16. The summed E-state index contributed by atoms with van der Waals surface area (Å²) in [6.07, 6.45) is 5.52. The summed E-state index contributed by atoms with van der Waals surface area (Å²) in [6.45, 7) is 2.37. The van der Waals surface area contributed by atoms with Gasteiger partial charge in [-0.2, -0.15) is 4.99 Å². The predicted octanol–water partition coefficient (Wildman–Crippen LogP) is 3.40. The van der Waals surface area contributed by atoms with Crippen molar-refractivity contribution in [2.24, 2.45) is 4.99 Å². The van der Waals surface area contributed by atoms with Gasteiger partial charge >= 0.3 is 0 Å². The van der Waals surface area contributed by atoms with Gasteiger partial charge in [0, 0.05) is 5.56 Å². The van der Waals surface area contributed by atoms with Crippen LogP contribution in [0.2, 0.25) is 0 Å². The quantitative estimate of drug-likeness (QED) is 0.665. The molecule has 5 nitrogen and oxygen atoms in total. The van der Waals surface area contributed by atoms with Crippen LogP contribution in [0.25, 0.3) is 10.2 Å². The molecule has 0 atom stereocenters. The predicted molar refractivity (Wildman–Crippen MR) is 103 cm³/mol. The first-order valence-electron chi connectivity index (χ1n) is 7.92. The van der Waals surface area contributed by atoms with Crippen molar-refractivity contribution in [1.82, 2.24) is 4.57 Å². The van der Waals surface area contributed by atoms with E-state index in [1.807, 2.05) is 29.7 Å². The number of methoxy groups -OCH3 is 2. The van der Waals surface area contributed by atoms with Crippen LogP contribution in [0.1, 0.15) is 15.9 Å². The Morgan fingerprint density at radius 3 is 2.69 bits per heavy atom. The fraction of sp³-hybridized carbons (Fsp3) is 0.200. The van der Waals surface area contributed by atoms with Crippen LogP contribution in [0.4, 0.5) is 0 Å². The van der Waals surface area contributed by atoms with Gasteiger partial charge in [-0.25, -0.2) is 0 Å². The van der Waals surface area contributed by atoms with Crippen LogP contribution in [0.3, 0.4) is 0 Å². The molecule has 0 bridgehead atoms. The fourth-order valence-electron chi connectivity index (χ4n) is 2.75. The Morgan fingerprint density at radius 2 is 2.00 bits per heavy atom. The Bertz CT molecular complexity index is 1090. The average Bonchev–Trinajstić information content (AvgIpc) is 3.00. The summed E-state index contributed by atoms with van der Waals surface area (Å²) in [7, 11) is 3.07. The van der Waals surface area contributed by atoms with Crippen molar-refractivity contribution in [1.29, 1.82) is 0 Å². The number of hydrogen-bond donors (Lipinski definition) is 0. The van der Waals surface area contributed by atoms with Gasteiger partial charge in [-0.15, -0.1) is 6.42 Å². The molecule has 1 heterocycles. The molecule has 2 aromatic carbocycles. The van der Waals surface area contributed by atoms with Crippen molar-refractivity contribution in [3.05, 3.63) is 52.3 Å². The van der Waals surface area contributed by atoms with Crippen molar-refractivity contribution in [2.75, 3.05) is 14.2 Å². The number of amides is 1. The van der Waals surface area contributed by atoms with Gasteiger partial charge in [0.05, 0.1) is 31.0 Å². The maximum atomic E-state index is 12.7. The van der Waals surface area contributed by atoms with Gasteiger partial charge in [0.2, 0.25) is 0 Å². The van der Waals surface area contributed by atoms with Crippen LogP contribution in [0.15, 0.2) is 41.4 Å². The van der Waals surface area contributed by atoms with Crippen LogP contribution in [-0.4, -0.2) is 24.7 Å². The van der Waals surface area contributed by atoms with Crippen LogP contribution in [0, 0.1) is 19.3 Å². The Kier molecular flexibility index (Phi) is 5.10. The molecule has 0 N–H and O–H groups in total. The number of thiazole rings is 1. The number of carbonyl (C=O) groups excluding carboxylic acids is 1. The van der Waals surface area contributed by atoms with E-state index in [0.717, 1.165) is 15.8 Å². The zero-order valence-electron chi connectivity index (χ0n) is 14.8. The molecule has 0 aliphatic carbocycles. The minimum atomic E-state index is -0.360. The number of aromatic nitrogens is 1. The lowest BCUT2D eigenvalue weighted by Crippen LogP contribution is -2.17. The number of hydrogen-bond acceptors (Lipinski definition) is 4.